The SMILES string of the molecule is Cc1cc(CN(CC2CCN(Cc3ccccc3F)CC2)C[C@H]2CCCO2)on1. The Balaban J connectivity index is 1.30. The number of ether oxygens (including phenoxy) is 1. The summed E-state index contributed by atoms with van der Waals surface area (Å²) in [6.07, 6.45) is 4.93. The molecule has 2 aliphatic rings. The molecular weight excluding hydrogens is 369 g/mol. The highest BCUT2D eigenvalue weighted by Gasteiger charge is 2.25. The van der Waals surface area contributed by atoms with E-state index in [0.717, 1.165) is 82.0 Å². The summed E-state index contributed by atoms with van der Waals surface area (Å²) in [4.78, 5) is 4.85. The molecule has 2 saturated heterocycles. The summed E-state index contributed by atoms with van der Waals surface area (Å²) >= 11 is 0. The summed E-state index contributed by atoms with van der Waals surface area (Å²) in [5, 5.41) is 4.03. The maximum Gasteiger partial charge on any atom is 0.150 e. The first-order valence-corrected chi connectivity index (χ1v) is 10.9. The molecule has 2 aliphatic heterocycles. The van der Waals surface area contributed by atoms with E-state index in [2.05, 4.69) is 15.0 Å². The van der Waals surface area contributed by atoms with Crippen LogP contribution in [0, 0.1) is 18.7 Å². The number of likely N-dealkylation sites (tertiary alicyclic amines) is 1. The molecule has 5 nitrogen and oxygen atoms in total. The van der Waals surface area contributed by atoms with E-state index in [1.54, 1.807) is 12.1 Å². The molecule has 29 heavy (non-hydrogen) atoms. The van der Waals surface area contributed by atoms with E-state index >= 15 is 0 Å². The van der Waals surface area contributed by atoms with Crippen molar-refractivity contribution in [3.8, 4) is 0 Å². The lowest BCUT2D eigenvalue weighted by Crippen LogP contribution is -2.40. The molecule has 6 heteroatoms. The minimum atomic E-state index is -0.0975. The van der Waals surface area contributed by atoms with Gasteiger partial charge in [0.25, 0.3) is 0 Å². The quantitative estimate of drug-likeness (QED) is 0.668. The molecule has 158 valence electrons. The molecule has 4 rings (SSSR count). The van der Waals surface area contributed by atoms with Crippen LogP contribution in [0.5, 0.6) is 0 Å². The highest BCUT2D eigenvalue weighted by molar-refractivity contribution is 5.17. The molecule has 0 unspecified atom stereocenters. The average molecular weight is 402 g/mol. The van der Waals surface area contributed by atoms with Crippen LogP contribution in [0.15, 0.2) is 34.9 Å². The first kappa shape index (κ1) is 20.5. The molecule has 0 bridgehead atoms. The number of aromatic nitrogens is 1. The topological polar surface area (TPSA) is 41.7 Å². The zero-order valence-electron chi connectivity index (χ0n) is 17.4. The van der Waals surface area contributed by atoms with Gasteiger partial charge in [0, 0.05) is 37.9 Å². The number of nitrogens with zero attached hydrogens (tertiary/aromatic N) is 3. The zero-order valence-corrected chi connectivity index (χ0v) is 17.4. The second-order valence-corrected chi connectivity index (χ2v) is 8.57. The first-order chi connectivity index (χ1) is 14.2. The van der Waals surface area contributed by atoms with E-state index in [4.69, 9.17) is 9.26 Å². The van der Waals surface area contributed by atoms with Crippen molar-refractivity contribution in [3.63, 3.8) is 0 Å². The summed E-state index contributed by atoms with van der Waals surface area (Å²) in [5.41, 5.74) is 1.73. The van der Waals surface area contributed by atoms with Crippen LogP contribution in [0.4, 0.5) is 4.39 Å². The molecule has 2 fully saturated rings. The van der Waals surface area contributed by atoms with Gasteiger partial charge in [-0.15, -0.1) is 0 Å². The van der Waals surface area contributed by atoms with Gasteiger partial charge in [-0.05, 0) is 57.7 Å². The van der Waals surface area contributed by atoms with Gasteiger partial charge in [-0.3, -0.25) is 9.80 Å². The van der Waals surface area contributed by atoms with Crippen LogP contribution in [0.25, 0.3) is 0 Å². The van der Waals surface area contributed by atoms with E-state index < -0.39 is 0 Å². The third-order valence-electron chi connectivity index (χ3n) is 6.12. The van der Waals surface area contributed by atoms with Crippen molar-refractivity contribution in [1.29, 1.82) is 0 Å². The Morgan fingerprint density at radius 1 is 1.17 bits per heavy atom. The van der Waals surface area contributed by atoms with Gasteiger partial charge in [0.05, 0.1) is 18.3 Å². The molecule has 1 atom stereocenters. The number of hydrogen-bond acceptors (Lipinski definition) is 5. The molecule has 0 spiro atoms. The van der Waals surface area contributed by atoms with Gasteiger partial charge in [-0.25, -0.2) is 4.39 Å². The number of hydrogen-bond donors (Lipinski definition) is 0. The largest absolute Gasteiger partial charge is 0.377 e. The van der Waals surface area contributed by atoms with Gasteiger partial charge in [-0.1, -0.05) is 23.4 Å². The Kier molecular flexibility index (Phi) is 6.95. The Morgan fingerprint density at radius 3 is 2.69 bits per heavy atom. The second-order valence-electron chi connectivity index (χ2n) is 8.57. The zero-order chi connectivity index (χ0) is 20.1. The van der Waals surface area contributed by atoms with Gasteiger partial charge in [-0.2, -0.15) is 0 Å². The van der Waals surface area contributed by atoms with Crippen LogP contribution < -0.4 is 0 Å². The van der Waals surface area contributed by atoms with E-state index in [1.165, 1.54) is 0 Å². The lowest BCUT2D eigenvalue weighted by atomic mass is 9.95. The monoisotopic (exact) mass is 401 g/mol. The Bertz CT molecular complexity index is 767. The van der Waals surface area contributed by atoms with E-state index in [1.807, 2.05) is 25.1 Å². The van der Waals surface area contributed by atoms with Crippen molar-refractivity contribution in [2.24, 2.45) is 5.92 Å². The molecule has 0 amide bonds. The van der Waals surface area contributed by atoms with Crippen LogP contribution in [0.2, 0.25) is 0 Å². The second kappa shape index (κ2) is 9.83. The van der Waals surface area contributed by atoms with Gasteiger partial charge in [0.15, 0.2) is 5.76 Å². The molecule has 0 aliphatic carbocycles. The van der Waals surface area contributed by atoms with Crippen LogP contribution in [0.1, 0.15) is 42.7 Å². The minimum Gasteiger partial charge on any atom is -0.377 e. The van der Waals surface area contributed by atoms with E-state index in [-0.39, 0.29) is 5.82 Å². The molecule has 1 aromatic carbocycles. The standard InChI is InChI=1S/C23H32FN3O2/c1-18-13-22(29-25-18)17-27(16-21-6-4-12-28-21)14-19-8-10-26(11-9-19)15-20-5-2-3-7-23(20)24/h2-3,5,7,13,19,21H,4,6,8-12,14-17H2,1H3/t21-/m1/s1. The predicted octanol–water partition coefficient (Wildman–Crippen LogP) is 4.02. The van der Waals surface area contributed by atoms with Crippen LogP contribution >= 0.6 is 0 Å². The lowest BCUT2D eigenvalue weighted by molar-refractivity contribution is 0.0535. The van der Waals surface area contributed by atoms with E-state index in [0.29, 0.717) is 18.6 Å². The van der Waals surface area contributed by atoms with Crippen LogP contribution in [-0.4, -0.2) is 53.8 Å². The maximum absolute atomic E-state index is 13.9. The summed E-state index contributed by atoms with van der Waals surface area (Å²) in [6, 6.07) is 9.14. The van der Waals surface area contributed by atoms with Crippen molar-refractivity contribution < 1.29 is 13.7 Å². The minimum absolute atomic E-state index is 0.0975. The number of halogens is 1. The van der Waals surface area contributed by atoms with Gasteiger partial charge < -0.3 is 9.26 Å². The fourth-order valence-electron chi connectivity index (χ4n) is 4.55. The predicted molar refractivity (Wildman–Crippen MR) is 110 cm³/mol. The normalized spacial score (nSPS) is 21.3. The number of rotatable bonds is 8. The van der Waals surface area contributed by atoms with Crippen molar-refractivity contribution >= 4 is 0 Å². The molecule has 0 saturated carbocycles. The Hall–Kier alpha value is -1.76. The van der Waals surface area contributed by atoms with Crippen molar-refractivity contribution in [2.45, 2.75) is 51.8 Å². The van der Waals surface area contributed by atoms with Crippen molar-refractivity contribution in [2.75, 3.05) is 32.8 Å². The fraction of sp³-hybridized carbons (Fsp3) is 0.609. The maximum atomic E-state index is 13.9. The van der Waals surface area contributed by atoms with Crippen molar-refractivity contribution in [3.05, 3.63) is 53.2 Å². The van der Waals surface area contributed by atoms with Crippen LogP contribution in [-0.2, 0) is 17.8 Å². The van der Waals surface area contributed by atoms with Gasteiger partial charge in [0.2, 0.25) is 0 Å². The number of aryl methyl sites for hydroxylation is 1. The number of benzene rings is 1. The average Bonchev–Trinajstić information content (AvgIpc) is 3.37. The van der Waals surface area contributed by atoms with Gasteiger partial charge in [0.1, 0.15) is 5.82 Å². The Morgan fingerprint density at radius 2 is 2.00 bits per heavy atom. The highest BCUT2D eigenvalue weighted by atomic mass is 19.1. The molecule has 3 heterocycles. The highest BCUT2D eigenvalue weighted by Crippen LogP contribution is 2.23. The van der Waals surface area contributed by atoms with Gasteiger partial charge >= 0.3 is 0 Å². The third kappa shape index (κ3) is 5.87. The molecule has 0 radical (unpaired) electrons. The van der Waals surface area contributed by atoms with Crippen LogP contribution in [0.3, 0.4) is 0 Å². The summed E-state index contributed by atoms with van der Waals surface area (Å²) in [5.74, 6) is 1.48. The molecular formula is C23H32FN3O2. The molecule has 1 aromatic heterocycles. The summed E-state index contributed by atoms with van der Waals surface area (Å²) in [7, 11) is 0. The van der Waals surface area contributed by atoms with Crippen molar-refractivity contribution in [1.82, 2.24) is 15.0 Å². The summed E-state index contributed by atoms with van der Waals surface area (Å²) in [6.45, 7) is 8.38. The fourth-order valence-corrected chi connectivity index (χ4v) is 4.55. The third-order valence-corrected chi connectivity index (χ3v) is 6.12. The van der Waals surface area contributed by atoms with E-state index in [9.17, 15) is 4.39 Å². The lowest BCUT2D eigenvalue weighted by Gasteiger charge is -2.35. The Labute approximate surface area is 172 Å². The molecule has 2 aromatic rings. The number of piperidine rings is 1. The summed E-state index contributed by atoms with van der Waals surface area (Å²) < 4.78 is 25.3. The molecule has 0 N–H and O–H groups in total. The smallest absolute Gasteiger partial charge is 0.150 e. The first-order valence-electron chi connectivity index (χ1n) is 10.9.